The zero-order valence-electron chi connectivity index (χ0n) is 27.1. The van der Waals surface area contributed by atoms with Gasteiger partial charge < -0.3 is 25.5 Å². The molecule has 3 N–H and O–H groups in total. The van der Waals surface area contributed by atoms with Crippen molar-refractivity contribution in [2.75, 3.05) is 26.2 Å². The Hall–Kier alpha value is -3.86. The fourth-order valence-electron chi connectivity index (χ4n) is 5.95. The summed E-state index contributed by atoms with van der Waals surface area (Å²) in [6.07, 6.45) is 0.566. The number of nitrogens with zero attached hydrogens (tertiary/aromatic N) is 2. The second kappa shape index (κ2) is 16.8. The highest BCUT2D eigenvalue weighted by molar-refractivity contribution is 6.30. The van der Waals surface area contributed by atoms with Crippen molar-refractivity contribution < 1.29 is 28.3 Å². The number of aryl methyl sites for hydroxylation is 1. The van der Waals surface area contributed by atoms with Gasteiger partial charge in [-0.2, -0.15) is 0 Å². The number of nitrogens with one attached hydrogen (secondary N) is 2. The van der Waals surface area contributed by atoms with E-state index in [1.807, 2.05) is 26.0 Å². The molecule has 0 spiro atoms. The highest BCUT2D eigenvalue weighted by Gasteiger charge is 2.37. The Balaban J connectivity index is 1.63. The van der Waals surface area contributed by atoms with Crippen molar-refractivity contribution in [1.29, 1.82) is 0 Å². The molecule has 3 atom stereocenters. The first-order chi connectivity index (χ1) is 22.5. The van der Waals surface area contributed by atoms with Gasteiger partial charge in [0.15, 0.2) is 0 Å². The van der Waals surface area contributed by atoms with Crippen LogP contribution in [0.2, 0.25) is 5.02 Å². The smallest absolute Gasteiger partial charge is 0.253 e. The summed E-state index contributed by atoms with van der Waals surface area (Å²) in [6, 6.07) is 12.8. The van der Waals surface area contributed by atoms with Crippen LogP contribution in [0.15, 0.2) is 60.7 Å². The molecule has 8 nitrogen and oxygen atoms in total. The Morgan fingerprint density at radius 1 is 1.00 bits per heavy atom. The van der Waals surface area contributed by atoms with E-state index in [0.29, 0.717) is 55.3 Å². The second-order valence-corrected chi connectivity index (χ2v) is 12.5. The number of carbonyl (C=O) groups is 3. The summed E-state index contributed by atoms with van der Waals surface area (Å²) < 4.78 is 28.4. The van der Waals surface area contributed by atoms with Crippen LogP contribution < -0.4 is 10.6 Å². The third-order valence-electron chi connectivity index (χ3n) is 8.14. The van der Waals surface area contributed by atoms with Crippen LogP contribution in [0, 0.1) is 18.6 Å². The van der Waals surface area contributed by atoms with E-state index in [2.05, 4.69) is 10.6 Å². The van der Waals surface area contributed by atoms with E-state index < -0.39 is 35.7 Å². The van der Waals surface area contributed by atoms with Crippen LogP contribution in [0.5, 0.6) is 0 Å². The number of halogens is 3. The average Bonchev–Trinajstić information content (AvgIpc) is 3.21. The molecule has 1 fully saturated rings. The summed E-state index contributed by atoms with van der Waals surface area (Å²) in [5, 5.41) is 18.2. The van der Waals surface area contributed by atoms with E-state index in [4.69, 9.17) is 11.6 Å². The SMILES string of the molecule is CCCN(CCC)C(=O)c1cc(C)cc(C(=O)N[C@@H](Cc2cc(F)cc(F)c2)[C@H](O)C2NCCCN(Cc3ccc(Cl)cc3)C2=O)c1. The molecule has 1 unspecified atom stereocenters. The van der Waals surface area contributed by atoms with Gasteiger partial charge in [-0.3, -0.25) is 14.4 Å². The van der Waals surface area contributed by atoms with Gasteiger partial charge in [0, 0.05) is 48.4 Å². The Morgan fingerprint density at radius 2 is 1.64 bits per heavy atom. The Morgan fingerprint density at radius 3 is 2.28 bits per heavy atom. The lowest BCUT2D eigenvalue weighted by molar-refractivity contribution is -0.136. The predicted molar refractivity (Wildman–Crippen MR) is 178 cm³/mol. The minimum absolute atomic E-state index is 0.164. The predicted octanol–water partition coefficient (Wildman–Crippen LogP) is 5.28. The van der Waals surface area contributed by atoms with Crippen LogP contribution in [0.25, 0.3) is 0 Å². The van der Waals surface area contributed by atoms with Gasteiger partial charge in [-0.15, -0.1) is 0 Å². The van der Waals surface area contributed by atoms with Gasteiger partial charge in [-0.25, -0.2) is 8.78 Å². The molecule has 0 aromatic heterocycles. The molecule has 1 heterocycles. The molecule has 3 aromatic carbocycles. The topological polar surface area (TPSA) is 102 Å². The normalized spacial score (nSPS) is 16.4. The average molecular weight is 669 g/mol. The number of aliphatic hydroxyl groups excluding tert-OH is 1. The third-order valence-corrected chi connectivity index (χ3v) is 8.39. The highest BCUT2D eigenvalue weighted by atomic mass is 35.5. The largest absolute Gasteiger partial charge is 0.389 e. The van der Waals surface area contributed by atoms with Crippen molar-refractivity contribution in [1.82, 2.24) is 20.4 Å². The van der Waals surface area contributed by atoms with Crippen LogP contribution in [0.4, 0.5) is 8.78 Å². The van der Waals surface area contributed by atoms with Crippen LogP contribution in [-0.4, -0.2) is 77.0 Å². The van der Waals surface area contributed by atoms with E-state index in [9.17, 15) is 28.3 Å². The number of hydrogen-bond donors (Lipinski definition) is 3. The van der Waals surface area contributed by atoms with Crippen LogP contribution in [0.1, 0.15) is 70.5 Å². The van der Waals surface area contributed by atoms with Crippen molar-refractivity contribution in [3.05, 3.63) is 105 Å². The molecule has 0 bridgehead atoms. The molecule has 252 valence electrons. The third kappa shape index (κ3) is 9.82. The number of hydrogen-bond acceptors (Lipinski definition) is 5. The lowest BCUT2D eigenvalue weighted by Gasteiger charge is -2.32. The molecule has 0 radical (unpaired) electrons. The molecule has 0 aliphatic carbocycles. The minimum Gasteiger partial charge on any atom is -0.389 e. The van der Waals surface area contributed by atoms with Gasteiger partial charge in [0.1, 0.15) is 17.7 Å². The summed E-state index contributed by atoms with van der Waals surface area (Å²) in [5.41, 5.74) is 2.30. The lowest BCUT2D eigenvalue weighted by Crippen LogP contribution is -2.58. The van der Waals surface area contributed by atoms with Crippen LogP contribution in [0.3, 0.4) is 0 Å². The Bertz CT molecular complexity index is 1530. The van der Waals surface area contributed by atoms with E-state index >= 15 is 0 Å². The summed E-state index contributed by atoms with van der Waals surface area (Å²) in [5.74, 6) is -2.76. The van der Waals surface area contributed by atoms with E-state index in [-0.39, 0.29) is 29.4 Å². The number of benzene rings is 3. The summed E-state index contributed by atoms with van der Waals surface area (Å²) >= 11 is 6.03. The monoisotopic (exact) mass is 668 g/mol. The molecule has 0 saturated carbocycles. The van der Waals surface area contributed by atoms with E-state index in [1.54, 1.807) is 41.0 Å². The highest BCUT2D eigenvalue weighted by Crippen LogP contribution is 2.20. The zero-order chi connectivity index (χ0) is 34.1. The van der Waals surface area contributed by atoms with Crippen molar-refractivity contribution in [3.63, 3.8) is 0 Å². The van der Waals surface area contributed by atoms with Gasteiger partial charge >= 0.3 is 0 Å². The molecule has 3 amide bonds. The molecule has 1 aliphatic rings. The maximum Gasteiger partial charge on any atom is 0.253 e. The Kier molecular flexibility index (Phi) is 12.9. The van der Waals surface area contributed by atoms with Crippen molar-refractivity contribution in [2.45, 2.75) is 71.2 Å². The zero-order valence-corrected chi connectivity index (χ0v) is 27.8. The molecule has 4 rings (SSSR count). The fraction of sp³-hybridized carbons (Fsp3) is 0.417. The number of carbonyl (C=O) groups excluding carboxylic acids is 3. The number of rotatable bonds is 13. The van der Waals surface area contributed by atoms with Gasteiger partial charge in [0.25, 0.3) is 11.8 Å². The number of aliphatic hydroxyl groups is 1. The molecule has 1 saturated heterocycles. The second-order valence-electron chi connectivity index (χ2n) is 12.1. The Labute approximate surface area is 280 Å². The standard InChI is InChI=1S/C36H43ClF2N4O4/c1-4-12-42(13-5-2)35(46)27-16-23(3)15-26(20-27)34(45)41-31(19-25-17-29(38)21-30(39)18-25)33(44)32-36(47)43(14-6-11-40-32)22-24-7-9-28(37)10-8-24/h7-10,15-18,20-21,31-33,40,44H,4-6,11-14,19,22H2,1-3H3,(H,41,45)/t31-,32?,33-/m0/s1. The maximum absolute atomic E-state index is 14.2. The maximum atomic E-state index is 14.2. The van der Waals surface area contributed by atoms with Gasteiger partial charge in [-0.1, -0.05) is 37.6 Å². The molecule has 1 aliphatic heterocycles. The first kappa shape index (κ1) is 36.0. The summed E-state index contributed by atoms with van der Waals surface area (Å²) in [6.45, 7) is 8.09. The molecular formula is C36H43ClF2N4O4. The molecule has 3 aromatic rings. The molecular weight excluding hydrogens is 626 g/mol. The first-order valence-electron chi connectivity index (χ1n) is 16.1. The first-order valence-corrected chi connectivity index (χ1v) is 16.5. The van der Waals surface area contributed by atoms with E-state index in [1.165, 1.54) is 6.07 Å². The minimum atomic E-state index is -1.47. The summed E-state index contributed by atoms with van der Waals surface area (Å²) in [4.78, 5) is 44.3. The van der Waals surface area contributed by atoms with Crippen molar-refractivity contribution in [2.24, 2.45) is 0 Å². The van der Waals surface area contributed by atoms with E-state index in [0.717, 1.165) is 36.6 Å². The quantitative estimate of drug-likeness (QED) is 0.230. The lowest BCUT2D eigenvalue weighted by atomic mass is 9.94. The van der Waals surface area contributed by atoms with Crippen LogP contribution >= 0.6 is 11.6 Å². The van der Waals surface area contributed by atoms with Gasteiger partial charge in [0.2, 0.25) is 5.91 Å². The fourth-order valence-corrected chi connectivity index (χ4v) is 6.08. The summed E-state index contributed by atoms with van der Waals surface area (Å²) in [7, 11) is 0. The molecule has 47 heavy (non-hydrogen) atoms. The number of amides is 3. The van der Waals surface area contributed by atoms with Crippen molar-refractivity contribution in [3.8, 4) is 0 Å². The van der Waals surface area contributed by atoms with Crippen LogP contribution in [-0.2, 0) is 17.8 Å². The van der Waals surface area contributed by atoms with Gasteiger partial charge in [0.05, 0.1) is 12.1 Å². The molecule has 11 heteroatoms. The van der Waals surface area contributed by atoms with Crippen molar-refractivity contribution >= 4 is 29.3 Å². The van der Waals surface area contributed by atoms with Gasteiger partial charge in [-0.05, 0) is 98.3 Å².